The second-order valence-corrected chi connectivity index (χ2v) is 6.74. The van der Waals surface area contributed by atoms with Crippen molar-refractivity contribution in [1.82, 2.24) is 15.0 Å². The molecule has 2 heterocycles. The number of aromatic nitrogens is 3. The Morgan fingerprint density at radius 1 is 1.25 bits per heavy atom. The van der Waals surface area contributed by atoms with Crippen LogP contribution in [0.25, 0.3) is 10.4 Å². The number of carbonyl (C=O) groups excluding carboxylic acids is 2. The van der Waals surface area contributed by atoms with Gasteiger partial charge in [0.2, 0.25) is 5.95 Å². The average molecular weight is 397 g/mol. The van der Waals surface area contributed by atoms with E-state index >= 15 is 0 Å². The molecule has 0 aliphatic heterocycles. The predicted octanol–water partition coefficient (Wildman–Crippen LogP) is 1.77. The van der Waals surface area contributed by atoms with Crippen LogP contribution in [0, 0.1) is 0 Å². The second kappa shape index (κ2) is 9.02. The minimum absolute atomic E-state index is 0.138. The van der Waals surface area contributed by atoms with Crippen molar-refractivity contribution in [3.63, 3.8) is 0 Å². The van der Waals surface area contributed by atoms with Gasteiger partial charge in [-0.2, -0.15) is 4.98 Å². The van der Waals surface area contributed by atoms with Crippen molar-refractivity contribution in [3.05, 3.63) is 47.7 Å². The Morgan fingerprint density at radius 2 is 2.04 bits per heavy atom. The molecule has 0 aliphatic rings. The number of nitrogens with two attached hydrogens (primary N) is 2. The fraction of sp³-hybridized carbons (Fsp3) is 0.167. The zero-order chi connectivity index (χ0) is 19.9. The maximum absolute atomic E-state index is 11.7. The highest BCUT2D eigenvalue weighted by atomic mass is 32.1. The Labute approximate surface area is 165 Å². The molecule has 1 unspecified atom stereocenters. The third-order valence-corrected chi connectivity index (χ3v) is 4.70. The molecule has 144 valence electrons. The fourth-order valence-corrected chi connectivity index (χ4v) is 3.09. The third kappa shape index (κ3) is 4.67. The number of primary amides is 1. The Morgan fingerprint density at radius 3 is 2.64 bits per heavy atom. The molecule has 2 aromatic heterocycles. The second-order valence-electron chi connectivity index (χ2n) is 5.85. The van der Waals surface area contributed by atoms with Gasteiger partial charge in [-0.05, 0) is 30.7 Å². The van der Waals surface area contributed by atoms with E-state index in [-0.39, 0.29) is 17.3 Å². The summed E-state index contributed by atoms with van der Waals surface area (Å²) in [5.74, 6) is -0.225. The van der Waals surface area contributed by atoms with Crippen LogP contribution in [0.5, 0.6) is 0 Å². The van der Waals surface area contributed by atoms with E-state index in [1.54, 1.807) is 23.0 Å². The first kappa shape index (κ1) is 19.4. The molecule has 0 bridgehead atoms. The largest absolute Gasteiger partial charge is 0.365 e. The van der Waals surface area contributed by atoms with Crippen molar-refractivity contribution in [3.8, 4) is 10.4 Å². The lowest BCUT2D eigenvalue weighted by Gasteiger charge is -2.14. The van der Waals surface area contributed by atoms with Gasteiger partial charge in [-0.1, -0.05) is 12.1 Å². The summed E-state index contributed by atoms with van der Waals surface area (Å²) in [6.07, 6.45) is 4.29. The summed E-state index contributed by atoms with van der Waals surface area (Å²) in [6.45, 7) is 0.340. The standard InChI is InChI=1S/C18H19N7O2S/c19-6-5-13(9-26)24-18-22-7-14(16(20)27)17(25-18)23-12-3-1-11(2-4-12)15-8-21-10-28-15/h1-4,7-10,13H,5-6,19H2,(H2,20,27)(H2,22,23,24,25). The smallest absolute Gasteiger partial charge is 0.254 e. The molecule has 3 rings (SSSR count). The van der Waals surface area contributed by atoms with Crippen LogP contribution in [0.2, 0.25) is 0 Å². The number of nitrogens with zero attached hydrogens (tertiary/aromatic N) is 3. The molecule has 0 saturated carbocycles. The van der Waals surface area contributed by atoms with Crippen molar-refractivity contribution in [1.29, 1.82) is 0 Å². The lowest BCUT2D eigenvalue weighted by molar-refractivity contribution is -0.108. The SMILES string of the molecule is NCCC(C=O)Nc1ncc(C(N)=O)c(Nc2ccc(-c3cncs3)cc2)n1. The van der Waals surface area contributed by atoms with Crippen molar-refractivity contribution in [2.24, 2.45) is 11.5 Å². The molecule has 9 nitrogen and oxygen atoms in total. The molecular weight excluding hydrogens is 378 g/mol. The summed E-state index contributed by atoms with van der Waals surface area (Å²) in [4.78, 5) is 36.3. The Kier molecular flexibility index (Phi) is 6.25. The average Bonchev–Trinajstić information content (AvgIpc) is 3.23. The van der Waals surface area contributed by atoms with Crippen LogP contribution in [-0.4, -0.2) is 39.7 Å². The number of hydrogen-bond acceptors (Lipinski definition) is 9. The van der Waals surface area contributed by atoms with Gasteiger partial charge in [-0.3, -0.25) is 9.78 Å². The number of nitrogens with one attached hydrogen (secondary N) is 2. The summed E-state index contributed by atoms with van der Waals surface area (Å²) < 4.78 is 0. The van der Waals surface area contributed by atoms with Gasteiger partial charge in [0.15, 0.2) is 0 Å². The molecule has 28 heavy (non-hydrogen) atoms. The minimum atomic E-state index is -0.663. The van der Waals surface area contributed by atoms with Gasteiger partial charge in [-0.25, -0.2) is 4.98 Å². The Balaban J connectivity index is 1.83. The van der Waals surface area contributed by atoms with Gasteiger partial charge in [-0.15, -0.1) is 11.3 Å². The zero-order valence-corrected chi connectivity index (χ0v) is 15.6. The third-order valence-electron chi connectivity index (χ3n) is 3.88. The lowest BCUT2D eigenvalue weighted by Crippen LogP contribution is -2.26. The van der Waals surface area contributed by atoms with E-state index in [1.807, 2.05) is 24.3 Å². The molecule has 10 heteroatoms. The van der Waals surface area contributed by atoms with E-state index < -0.39 is 11.9 Å². The molecule has 0 spiro atoms. The van der Waals surface area contributed by atoms with Crippen LogP contribution in [0.4, 0.5) is 17.5 Å². The molecule has 1 amide bonds. The van der Waals surface area contributed by atoms with E-state index in [4.69, 9.17) is 11.5 Å². The predicted molar refractivity (Wildman–Crippen MR) is 109 cm³/mol. The van der Waals surface area contributed by atoms with Crippen molar-refractivity contribution in [2.75, 3.05) is 17.2 Å². The van der Waals surface area contributed by atoms with Crippen LogP contribution in [0.3, 0.4) is 0 Å². The first-order valence-corrected chi connectivity index (χ1v) is 9.33. The van der Waals surface area contributed by atoms with Gasteiger partial charge in [0, 0.05) is 18.1 Å². The molecule has 1 atom stereocenters. The number of amides is 1. The summed E-state index contributed by atoms with van der Waals surface area (Å²) in [6, 6.07) is 7.07. The van der Waals surface area contributed by atoms with E-state index in [1.165, 1.54) is 6.20 Å². The van der Waals surface area contributed by atoms with Crippen LogP contribution >= 0.6 is 11.3 Å². The van der Waals surface area contributed by atoms with Gasteiger partial charge in [0.25, 0.3) is 5.91 Å². The monoisotopic (exact) mass is 397 g/mol. The number of aldehydes is 1. The van der Waals surface area contributed by atoms with Crippen molar-refractivity contribution < 1.29 is 9.59 Å². The van der Waals surface area contributed by atoms with E-state index in [2.05, 4.69) is 25.6 Å². The molecule has 0 aliphatic carbocycles. The van der Waals surface area contributed by atoms with Crippen LogP contribution in [-0.2, 0) is 4.79 Å². The number of anilines is 3. The maximum Gasteiger partial charge on any atom is 0.254 e. The van der Waals surface area contributed by atoms with E-state index in [0.29, 0.717) is 18.7 Å². The Hall–Kier alpha value is -3.37. The number of rotatable bonds is 9. The topological polar surface area (TPSA) is 149 Å². The highest BCUT2D eigenvalue weighted by molar-refractivity contribution is 7.13. The summed E-state index contributed by atoms with van der Waals surface area (Å²) >= 11 is 1.55. The minimum Gasteiger partial charge on any atom is -0.365 e. The summed E-state index contributed by atoms with van der Waals surface area (Å²) in [7, 11) is 0. The maximum atomic E-state index is 11.7. The van der Waals surface area contributed by atoms with Crippen molar-refractivity contribution in [2.45, 2.75) is 12.5 Å². The molecular formula is C18H19N7O2S. The van der Waals surface area contributed by atoms with E-state index in [9.17, 15) is 9.59 Å². The number of benzene rings is 1. The first-order chi connectivity index (χ1) is 13.6. The van der Waals surface area contributed by atoms with Gasteiger partial charge < -0.3 is 26.9 Å². The molecule has 0 radical (unpaired) electrons. The highest BCUT2D eigenvalue weighted by Crippen LogP contribution is 2.26. The van der Waals surface area contributed by atoms with Crippen LogP contribution < -0.4 is 22.1 Å². The number of thiazole rings is 1. The van der Waals surface area contributed by atoms with Gasteiger partial charge in [0.05, 0.1) is 16.4 Å². The lowest BCUT2D eigenvalue weighted by atomic mass is 10.2. The fourth-order valence-electron chi connectivity index (χ4n) is 2.46. The number of hydrogen-bond donors (Lipinski definition) is 4. The molecule has 0 saturated heterocycles. The Bertz CT molecular complexity index is 945. The van der Waals surface area contributed by atoms with Crippen LogP contribution in [0.15, 0.2) is 42.2 Å². The molecule has 1 aromatic carbocycles. The molecule has 6 N–H and O–H groups in total. The van der Waals surface area contributed by atoms with Crippen molar-refractivity contribution >= 4 is 41.0 Å². The molecule has 0 fully saturated rings. The normalized spacial score (nSPS) is 11.6. The van der Waals surface area contributed by atoms with Crippen LogP contribution in [0.1, 0.15) is 16.8 Å². The summed E-state index contributed by atoms with van der Waals surface area (Å²) in [5.41, 5.74) is 14.6. The van der Waals surface area contributed by atoms with Gasteiger partial charge >= 0.3 is 0 Å². The number of carbonyl (C=O) groups is 2. The zero-order valence-electron chi connectivity index (χ0n) is 14.8. The first-order valence-electron chi connectivity index (χ1n) is 8.45. The summed E-state index contributed by atoms with van der Waals surface area (Å²) in [5, 5.41) is 5.95. The quantitative estimate of drug-likeness (QED) is 0.399. The van der Waals surface area contributed by atoms with Gasteiger partial charge in [0.1, 0.15) is 17.7 Å². The van der Waals surface area contributed by atoms with E-state index in [0.717, 1.165) is 16.7 Å². The highest BCUT2D eigenvalue weighted by Gasteiger charge is 2.15. The molecule has 3 aromatic rings.